The molecule has 5 rings (SSSR count). The summed E-state index contributed by atoms with van der Waals surface area (Å²) < 4.78 is 11.6. The molecule has 164 valence electrons. The van der Waals surface area contributed by atoms with E-state index in [4.69, 9.17) is 9.47 Å². The molecule has 1 aromatic carbocycles. The van der Waals surface area contributed by atoms with Crippen LogP contribution in [0.2, 0.25) is 0 Å². The van der Waals surface area contributed by atoms with Crippen LogP contribution in [0.4, 0.5) is 11.6 Å². The highest BCUT2D eigenvalue weighted by molar-refractivity contribution is 5.94. The number of hydrogen-bond acceptors (Lipinski definition) is 6. The zero-order chi connectivity index (χ0) is 21.5. The quantitative estimate of drug-likeness (QED) is 0.788. The van der Waals surface area contributed by atoms with Crippen molar-refractivity contribution in [1.82, 2.24) is 9.97 Å². The van der Waals surface area contributed by atoms with Crippen LogP contribution in [0.3, 0.4) is 0 Å². The number of aromatic nitrogens is 2. The summed E-state index contributed by atoms with van der Waals surface area (Å²) in [5.74, 6) is 2.27. The first-order chi connectivity index (χ1) is 15.0. The van der Waals surface area contributed by atoms with Gasteiger partial charge < -0.3 is 19.7 Å². The molecule has 0 radical (unpaired) electrons. The van der Waals surface area contributed by atoms with Crippen LogP contribution in [0.5, 0.6) is 5.75 Å². The van der Waals surface area contributed by atoms with Gasteiger partial charge in [-0.3, -0.25) is 4.79 Å². The minimum absolute atomic E-state index is 0.0126. The van der Waals surface area contributed by atoms with Crippen molar-refractivity contribution in [2.75, 3.05) is 23.4 Å². The number of nitrogens with zero attached hydrogens (tertiary/aromatic N) is 3. The number of carbonyl (C=O) groups excluding carboxylic acids is 1. The smallest absolute Gasteiger partial charge is 0.224 e. The zero-order valence-electron chi connectivity index (χ0n) is 18.4. The monoisotopic (exact) mass is 422 g/mol. The molecule has 3 aliphatic rings. The van der Waals surface area contributed by atoms with E-state index in [2.05, 4.69) is 28.3 Å². The molecule has 1 saturated heterocycles. The maximum atomic E-state index is 12.8. The Bertz CT molecular complexity index is 971. The first-order valence-electron chi connectivity index (χ1n) is 11.3. The van der Waals surface area contributed by atoms with Crippen molar-refractivity contribution in [3.8, 4) is 5.75 Å². The molecule has 1 N–H and O–H groups in total. The fourth-order valence-corrected chi connectivity index (χ4v) is 5.07. The van der Waals surface area contributed by atoms with Crippen LogP contribution >= 0.6 is 0 Å². The Kier molecular flexibility index (Phi) is 5.30. The Hall–Kier alpha value is -2.67. The van der Waals surface area contributed by atoms with E-state index in [1.54, 1.807) is 13.1 Å². The highest BCUT2D eigenvalue weighted by atomic mass is 16.5. The van der Waals surface area contributed by atoms with E-state index in [-0.39, 0.29) is 30.0 Å². The van der Waals surface area contributed by atoms with Crippen LogP contribution in [0, 0.1) is 18.8 Å². The molecular formula is C24H30N4O3. The lowest BCUT2D eigenvalue weighted by Crippen LogP contribution is -2.51. The number of nitrogens with one attached hydrogen (secondary N) is 1. The average Bonchev–Trinajstić information content (AvgIpc) is 3.45. The van der Waals surface area contributed by atoms with E-state index >= 15 is 0 Å². The second-order valence-electron chi connectivity index (χ2n) is 9.04. The van der Waals surface area contributed by atoms with Gasteiger partial charge in [-0.25, -0.2) is 9.97 Å². The molecular weight excluding hydrogens is 392 g/mol. The second kappa shape index (κ2) is 8.11. The third kappa shape index (κ3) is 3.99. The topological polar surface area (TPSA) is 76.6 Å². The van der Waals surface area contributed by atoms with Crippen molar-refractivity contribution in [2.45, 2.75) is 58.2 Å². The molecule has 1 unspecified atom stereocenters. The SMILES string of the molecule is CC(=O)N1c2ccc(OC3CCOC3)cc2[C@H](Nc2nccc(C)n2)[C@@H](C)[C@@H]1C1CC1. The number of rotatable bonds is 5. The summed E-state index contributed by atoms with van der Waals surface area (Å²) in [5, 5.41) is 3.58. The maximum absolute atomic E-state index is 12.8. The minimum Gasteiger partial charge on any atom is -0.488 e. The van der Waals surface area contributed by atoms with E-state index in [9.17, 15) is 4.79 Å². The third-order valence-corrected chi connectivity index (χ3v) is 6.67. The molecule has 0 bridgehead atoms. The number of fused-ring (bicyclic) bond motifs is 1. The standard InChI is InChI=1S/C24H30N4O3/c1-14-8-10-25-24(26-14)27-22-15(2)23(17-4-5-17)28(16(3)29)21-7-6-18(12-20(21)22)31-19-9-11-30-13-19/h6-8,10,12,15,17,19,22-23H,4-5,9,11,13H2,1-3H3,(H,25,26,27)/t15-,19?,22-,23-/m1/s1. The van der Waals surface area contributed by atoms with E-state index in [0.717, 1.165) is 35.7 Å². The number of hydrogen-bond donors (Lipinski definition) is 1. The molecule has 1 aromatic heterocycles. The summed E-state index contributed by atoms with van der Waals surface area (Å²) in [7, 11) is 0. The van der Waals surface area contributed by atoms with E-state index < -0.39 is 0 Å². The molecule has 1 amide bonds. The van der Waals surface area contributed by atoms with Gasteiger partial charge in [0, 0.05) is 48.4 Å². The van der Waals surface area contributed by atoms with Crippen LogP contribution in [0.25, 0.3) is 0 Å². The molecule has 4 atom stereocenters. The van der Waals surface area contributed by atoms with Crippen LogP contribution < -0.4 is 15.0 Å². The Morgan fingerprint density at radius 2 is 2.10 bits per heavy atom. The van der Waals surface area contributed by atoms with Gasteiger partial charge in [0.05, 0.1) is 19.3 Å². The van der Waals surface area contributed by atoms with Crippen molar-refractivity contribution in [1.29, 1.82) is 0 Å². The predicted octanol–water partition coefficient (Wildman–Crippen LogP) is 3.89. The van der Waals surface area contributed by atoms with Crippen molar-refractivity contribution >= 4 is 17.5 Å². The molecule has 3 heterocycles. The fraction of sp³-hybridized carbons (Fsp3) is 0.542. The first kappa shape index (κ1) is 20.2. The maximum Gasteiger partial charge on any atom is 0.224 e. The van der Waals surface area contributed by atoms with Gasteiger partial charge >= 0.3 is 0 Å². The number of aryl methyl sites for hydroxylation is 1. The highest BCUT2D eigenvalue weighted by Crippen LogP contribution is 2.50. The van der Waals surface area contributed by atoms with Gasteiger partial charge in [-0.05, 0) is 49.9 Å². The molecule has 2 aromatic rings. The Morgan fingerprint density at radius 3 is 2.77 bits per heavy atom. The molecule has 1 aliphatic carbocycles. The van der Waals surface area contributed by atoms with Gasteiger partial charge in [0.1, 0.15) is 11.9 Å². The molecule has 2 aliphatic heterocycles. The van der Waals surface area contributed by atoms with Crippen molar-refractivity contribution in [3.05, 3.63) is 41.7 Å². The predicted molar refractivity (Wildman–Crippen MR) is 118 cm³/mol. The summed E-state index contributed by atoms with van der Waals surface area (Å²) in [6, 6.07) is 8.14. The number of benzene rings is 1. The van der Waals surface area contributed by atoms with E-state index in [0.29, 0.717) is 18.5 Å². The van der Waals surface area contributed by atoms with Crippen LogP contribution in [0.15, 0.2) is 30.5 Å². The van der Waals surface area contributed by atoms with Gasteiger partial charge in [-0.15, -0.1) is 0 Å². The fourth-order valence-electron chi connectivity index (χ4n) is 5.07. The number of ether oxygens (including phenoxy) is 2. The summed E-state index contributed by atoms with van der Waals surface area (Å²) in [4.78, 5) is 23.8. The first-order valence-corrected chi connectivity index (χ1v) is 11.3. The number of amides is 1. The van der Waals surface area contributed by atoms with Gasteiger partial charge in [-0.1, -0.05) is 6.92 Å². The summed E-state index contributed by atoms with van der Waals surface area (Å²) in [6.45, 7) is 7.22. The van der Waals surface area contributed by atoms with Gasteiger partial charge in [0.15, 0.2) is 0 Å². The van der Waals surface area contributed by atoms with Crippen LogP contribution in [-0.4, -0.2) is 41.2 Å². The third-order valence-electron chi connectivity index (χ3n) is 6.67. The molecule has 2 fully saturated rings. The summed E-state index contributed by atoms with van der Waals surface area (Å²) >= 11 is 0. The van der Waals surface area contributed by atoms with Crippen molar-refractivity contribution < 1.29 is 14.3 Å². The lowest BCUT2D eigenvalue weighted by atomic mass is 9.80. The van der Waals surface area contributed by atoms with Gasteiger partial charge in [-0.2, -0.15) is 0 Å². The highest BCUT2D eigenvalue weighted by Gasteiger charge is 2.47. The minimum atomic E-state index is -0.0126. The largest absolute Gasteiger partial charge is 0.488 e. The molecule has 7 heteroatoms. The Balaban J connectivity index is 1.55. The van der Waals surface area contributed by atoms with Gasteiger partial charge in [0.2, 0.25) is 11.9 Å². The Labute approximate surface area is 183 Å². The average molecular weight is 423 g/mol. The second-order valence-corrected chi connectivity index (χ2v) is 9.04. The normalized spacial score (nSPS) is 27.6. The zero-order valence-corrected chi connectivity index (χ0v) is 18.4. The van der Waals surface area contributed by atoms with Crippen molar-refractivity contribution in [3.63, 3.8) is 0 Å². The number of anilines is 2. The molecule has 0 spiro atoms. The summed E-state index contributed by atoms with van der Waals surface area (Å²) in [6.07, 6.45) is 5.10. The molecule has 7 nitrogen and oxygen atoms in total. The van der Waals surface area contributed by atoms with Crippen molar-refractivity contribution in [2.24, 2.45) is 11.8 Å². The lowest BCUT2D eigenvalue weighted by Gasteiger charge is -2.45. The Morgan fingerprint density at radius 1 is 1.26 bits per heavy atom. The van der Waals surface area contributed by atoms with Crippen LogP contribution in [-0.2, 0) is 9.53 Å². The van der Waals surface area contributed by atoms with Crippen LogP contribution in [0.1, 0.15) is 50.4 Å². The lowest BCUT2D eigenvalue weighted by molar-refractivity contribution is -0.117. The van der Waals surface area contributed by atoms with E-state index in [1.807, 2.05) is 30.0 Å². The molecule has 1 saturated carbocycles. The van der Waals surface area contributed by atoms with Gasteiger partial charge in [0.25, 0.3) is 0 Å². The molecule has 31 heavy (non-hydrogen) atoms. The van der Waals surface area contributed by atoms with E-state index in [1.165, 1.54) is 12.8 Å². The number of carbonyl (C=O) groups is 1. The summed E-state index contributed by atoms with van der Waals surface area (Å²) in [5.41, 5.74) is 2.94.